The van der Waals surface area contributed by atoms with Gasteiger partial charge in [-0.3, -0.25) is 0 Å². The van der Waals surface area contributed by atoms with Crippen LogP contribution >= 0.6 is 27.3 Å². The molecule has 0 amide bonds. The molecule has 1 aromatic rings. The van der Waals surface area contributed by atoms with E-state index in [9.17, 15) is 0 Å². The fourth-order valence-corrected chi connectivity index (χ4v) is 2.41. The lowest BCUT2D eigenvalue weighted by Crippen LogP contribution is -2.20. The SMILES string of the molecule is CCOC(OC)OCCc1ccsc1Br. The minimum atomic E-state index is -0.549. The van der Waals surface area contributed by atoms with Crippen LogP contribution in [0.3, 0.4) is 0 Å². The number of ether oxygens (including phenoxy) is 3. The van der Waals surface area contributed by atoms with E-state index in [2.05, 4.69) is 27.4 Å². The zero-order chi connectivity index (χ0) is 11.1. The van der Waals surface area contributed by atoms with Gasteiger partial charge in [0.05, 0.1) is 10.4 Å². The fraction of sp³-hybridized carbons (Fsp3) is 0.600. The first-order valence-corrected chi connectivity index (χ1v) is 6.43. The van der Waals surface area contributed by atoms with E-state index < -0.39 is 6.48 Å². The maximum absolute atomic E-state index is 5.40. The number of methoxy groups -OCH3 is 1. The fourth-order valence-electron chi connectivity index (χ4n) is 1.08. The number of rotatable bonds is 7. The van der Waals surface area contributed by atoms with Gasteiger partial charge >= 0.3 is 0 Å². The molecule has 1 unspecified atom stereocenters. The Morgan fingerprint density at radius 1 is 1.47 bits per heavy atom. The standard InChI is InChI=1S/C10H15BrO3S/c1-3-13-10(12-2)14-6-4-8-5-7-15-9(8)11/h5,7,10H,3-4,6H2,1-2H3. The van der Waals surface area contributed by atoms with Crippen LogP contribution < -0.4 is 0 Å². The maximum Gasteiger partial charge on any atom is 0.271 e. The maximum atomic E-state index is 5.40. The van der Waals surface area contributed by atoms with Crippen molar-refractivity contribution in [3.05, 3.63) is 20.8 Å². The van der Waals surface area contributed by atoms with Crippen molar-refractivity contribution in [1.82, 2.24) is 0 Å². The Balaban J connectivity index is 2.23. The van der Waals surface area contributed by atoms with Crippen LogP contribution in [0.2, 0.25) is 0 Å². The molecule has 0 bridgehead atoms. The highest BCUT2D eigenvalue weighted by Crippen LogP contribution is 2.23. The van der Waals surface area contributed by atoms with Gasteiger partial charge in [0.15, 0.2) is 0 Å². The Morgan fingerprint density at radius 2 is 2.27 bits per heavy atom. The van der Waals surface area contributed by atoms with Crippen LogP contribution in [0.25, 0.3) is 0 Å². The van der Waals surface area contributed by atoms with Crippen LogP contribution in [-0.2, 0) is 20.6 Å². The van der Waals surface area contributed by atoms with Crippen molar-refractivity contribution < 1.29 is 14.2 Å². The van der Waals surface area contributed by atoms with Gasteiger partial charge in [0.2, 0.25) is 0 Å². The van der Waals surface area contributed by atoms with Gasteiger partial charge in [0.1, 0.15) is 0 Å². The summed E-state index contributed by atoms with van der Waals surface area (Å²) in [6.45, 7) is 2.53. The summed E-state index contributed by atoms with van der Waals surface area (Å²) in [7, 11) is 1.57. The largest absolute Gasteiger partial charge is 0.333 e. The molecule has 0 radical (unpaired) electrons. The van der Waals surface area contributed by atoms with Crippen molar-refractivity contribution in [2.45, 2.75) is 19.8 Å². The van der Waals surface area contributed by atoms with Crippen molar-refractivity contribution in [2.24, 2.45) is 0 Å². The molecule has 3 nitrogen and oxygen atoms in total. The van der Waals surface area contributed by atoms with E-state index in [4.69, 9.17) is 14.2 Å². The van der Waals surface area contributed by atoms with Crippen LogP contribution in [0.1, 0.15) is 12.5 Å². The average molecular weight is 295 g/mol. The predicted octanol–water partition coefficient (Wildman–Crippen LogP) is 3.04. The van der Waals surface area contributed by atoms with Crippen molar-refractivity contribution in [3.63, 3.8) is 0 Å². The summed E-state index contributed by atoms with van der Waals surface area (Å²) in [5, 5.41) is 2.05. The second-order valence-corrected chi connectivity index (χ2v) is 5.05. The molecule has 5 heteroatoms. The lowest BCUT2D eigenvalue weighted by molar-refractivity contribution is -0.274. The first-order valence-electron chi connectivity index (χ1n) is 4.75. The first-order chi connectivity index (χ1) is 7.27. The Labute approximate surface area is 102 Å². The van der Waals surface area contributed by atoms with Crippen molar-refractivity contribution in [3.8, 4) is 0 Å². The Bertz CT molecular complexity index is 277. The normalized spacial score (nSPS) is 13.0. The molecule has 0 fully saturated rings. The van der Waals surface area contributed by atoms with Gasteiger partial charge in [-0.2, -0.15) is 0 Å². The van der Waals surface area contributed by atoms with Crippen molar-refractivity contribution in [2.75, 3.05) is 20.3 Å². The summed E-state index contributed by atoms with van der Waals surface area (Å²) < 4.78 is 16.7. The molecule has 0 aromatic carbocycles. The Morgan fingerprint density at radius 3 is 2.80 bits per heavy atom. The molecule has 0 spiro atoms. The van der Waals surface area contributed by atoms with E-state index in [1.165, 1.54) is 5.56 Å². The topological polar surface area (TPSA) is 27.7 Å². The van der Waals surface area contributed by atoms with Gasteiger partial charge in [-0.15, -0.1) is 11.3 Å². The molecular formula is C10H15BrO3S. The zero-order valence-corrected chi connectivity index (χ0v) is 11.3. The third kappa shape index (κ3) is 4.61. The molecule has 1 aromatic heterocycles. The monoisotopic (exact) mass is 294 g/mol. The highest BCUT2D eigenvalue weighted by atomic mass is 79.9. The van der Waals surface area contributed by atoms with Gasteiger partial charge in [-0.25, -0.2) is 0 Å². The summed E-state index contributed by atoms with van der Waals surface area (Å²) in [4.78, 5) is 0. The Hall–Kier alpha value is 0.0600. The lowest BCUT2D eigenvalue weighted by atomic mass is 10.3. The molecule has 0 N–H and O–H groups in total. The van der Waals surface area contributed by atoms with E-state index in [0.29, 0.717) is 13.2 Å². The van der Waals surface area contributed by atoms with Crippen molar-refractivity contribution in [1.29, 1.82) is 0 Å². The molecule has 1 rings (SSSR count). The van der Waals surface area contributed by atoms with Gasteiger partial charge in [0.25, 0.3) is 6.48 Å². The summed E-state index contributed by atoms with van der Waals surface area (Å²) in [6.07, 6.45) is 0.858. The quantitative estimate of drug-likeness (QED) is 0.724. The molecule has 1 atom stereocenters. The average Bonchev–Trinajstić information content (AvgIpc) is 2.63. The molecule has 0 saturated carbocycles. The second-order valence-electron chi connectivity index (χ2n) is 2.82. The second kappa shape index (κ2) is 7.35. The van der Waals surface area contributed by atoms with E-state index in [1.807, 2.05) is 6.92 Å². The van der Waals surface area contributed by atoms with Crippen LogP contribution in [0.5, 0.6) is 0 Å². The first kappa shape index (κ1) is 13.1. The summed E-state index contributed by atoms with van der Waals surface area (Å²) in [5.74, 6) is 0. The lowest BCUT2D eigenvalue weighted by Gasteiger charge is -2.15. The summed E-state index contributed by atoms with van der Waals surface area (Å²) in [6, 6.07) is 2.08. The summed E-state index contributed by atoms with van der Waals surface area (Å²) >= 11 is 5.16. The predicted molar refractivity (Wildman–Crippen MR) is 64.1 cm³/mol. The molecule has 0 saturated heterocycles. The molecule has 0 aliphatic heterocycles. The van der Waals surface area contributed by atoms with Gasteiger partial charge in [-0.05, 0) is 46.3 Å². The number of thiophene rings is 1. The smallest absolute Gasteiger partial charge is 0.271 e. The zero-order valence-electron chi connectivity index (χ0n) is 8.86. The van der Waals surface area contributed by atoms with E-state index in [0.717, 1.165) is 10.2 Å². The Kier molecular flexibility index (Phi) is 6.43. The van der Waals surface area contributed by atoms with Gasteiger partial charge in [-0.1, -0.05) is 0 Å². The number of hydrogen-bond acceptors (Lipinski definition) is 4. The van der Waals surface area contributed by atoms with Crippen LogP contribution in [0, 0.1) is 0 Å². The van der Waals surface area contributed by atoms with Crippen molar-refractivity contribution >= 4 is 27.3 Å². The molecule has 0 aliphatic carbocycles. The highest BCUT2D eigenvalue weighted by Gasteiger charge is 2.07. The third-order valence-corrected chi connectivity index (χ3v) is 3.63. The molecule has 86 valence electrons. The van der Waals surface area contributed by atoms with E-state index in [1.54, 1.807) is 18.4 Å². The highest BCUT2D eigenvalue weighted by molar-refractivity contribution is 9.11. The van der Waals surface area contributed by atoms with Gasteiger partial charge in [0, 0.05) is 13.7 Å². The van der Waals surface area contributed by atoms with E-state index >= 15 is 0 Å². The third-order valence-electron chi connectivity index (χ3n) is 1.81. The number of hydrogen-bond donors (Lipinski definition) is 0. The van der Waals surface area contributed by atoms with Gasteiger partial charge < -0.3 is 14.2 Å². The van der Waals surface area contributed by atoms with Crippen LogP contribution in [0.15, 0.2) is 15.2 Å². The number of halogens is 1. The minimum absolute atomic E-state index is 0.549. The molecular weight excluding hydrogens is 280 g/mol. The summed E-state index contributed by atoms with van der Waals surface area (Å²) in [5.41, 5.74) is 1.26. The molecule has 15 heavy (non-hydrogen) atoms. The minimum Gasteiger partial charge on any atom is -0.333 e. The van der Waals surface area contributed by atoms with Crippen LogP contribution in [0.4, 0.5) is 0 Å². The van der Waals surface area contributed by atoms with Crippen LogP contribution in [-0.4, -0.2) is 26.8 Å². The van der Waals surface area contributed by atoms with E-state index in [-0.39, 0.29) is 0 Å². The molecule has 0 aliphatic rings. The molecule has 1 heterocycles.